The van der Waals surface area contributed by atoms with E-state index in [2.05, 4.69) is 10.4 Å². The van der Waals surface area contributed by atoms with Crippen molar-refractivity contribution in [2.24, 2.45) is 0 Å². The van der Waals surface area contributed by atoms with Crippen LogP contribution in [0.5, 0.6) is 0 Å². The molecule has 1 amide bonds. The number of aromatic nitrogens is 2. The molecule has 156 valence electrons. The number of aryl methyl sites for hydroxylation is 1. The lowest BCUT2D eigenvalue weighted by atomic mass is 10.2. The minimum Gasteiger partial charge on any atom is -0.307 e. The summed E-state index contributed by atoms with van der Waals surface area (Å²) in [5.74, 6) is 0.0126. The van der Waals surface area contributed by atoms with Gasteiger partial charge in [-0.25, -0.2) is 13.1 Å². The molecule has 0 saturated carbocycles. The molecule has 1 fully saturated rings. The second kappa shape index (κ2) is 8.23. The number of halogens is 3. The predicted molar refractivity (Wildman–Crippen MR) is 105 cm³/mol. The fourth-order valence-electron chi connectivity index (χ4n) is 2.98. The van der Waals surface area contributed by atoms with Gasteiger partial charge in [0.1, 0.15) is 5.82 Å². The van der Waals surface area contributed by atoms with E-state index in [1.54, 1.807) is 13.0 Å². The summed E-state index contributed by atoms with van der Waals surface area (Å²) in [5.41, 5.74) is -3.14. The number of rotatable bonds is 5. The van der Waals surface area contributed by atoms with Crippen LogP contribution in [0.1, 0.15) is 23.7 Å². The molecule has 2 aromatic rings. The smallest absolute Gasteiger partial charge is 0.307 e. The summed E-state index contributed by atoms with van der Waals surface area (Å²) in [7, 11) is -3.10. The lowest BCUT2D eigenvalue weighted by molar-refractivity contribution is -0.111. The Morgan fingerprint density at radius 3 is 2.59 bits per heavy atom. The van der Waals surface area contributed by atoms with Gasteiger partial charge in [-0.15, -0.1) is 0 Å². The van der Waals surface area contributed by atoms with Crippen LogP contribution in [0.2, 0.25) is 0 Å². The number of anilines is 1. The third-order valence-electron chi connectivity index (χ3n) is 4.20. The first-order valence-electron chi connectivity index (χ1n) is 8.62. The Hall–Kier alpha value is -2.27. The molecule has 1 aromatic carbocycles. The van der Waals surface area contributed by atoms with E-state index < -0.39 is 21.3 Å². The van der Waals surface area contributed by atoms with E-state index in [1.807, 2.05) is 0 Å². The van der Waals surface area contributed by atoms with Crippen LogP contribution in [-0.4, -0.2) is 41.1 Å². The molecule has 1 aliphatic rings. The van der Waals surface area contributed by atoms with Gasteiger partial charge in [0.05, 0.1) is 23.2 Å². The molecule has 0 radical (unpaired) electrons. The number of amides is 1. The highest BCUT2D eigenvalue weighted by molar-refractivity contribution is 8.00. The molecule has 2 heterocycles. The van der Waals surface area contributed by atoms with Gasteiger partial charge in [0.25, 0.3) is 0 Å². The monoisotopic (exact) mass is 445 g/mol. The normalized spacial score (nSPS) is 19.0. The fourth-order valence-corrected chi connectivity index (χ4v) is 5.21. The molecule has 6 nitrogen and oxygen atoms in total. The lowest BCUT2D eigenvalue weighted by Gasteiger charge is -2.13. The van der Waals surface area contributed by atoms with E-state index in [-0.39, 0.29) is 34.2 Å². The molecule has 1 saturated heterocycles. The number of nitrogens with one attached hydrogen (secondary N) is 1. The Bertz CT molecular complexity index is 1030. The van der Waals surface area contributed by atoms with E-state index in [1.165, 1.54) is 41.1 Å². The molecule has 1 unspecified atom stereocenters. The highest BCUT2D eigenvalue weighted by Crippen LogP contribution is 2.36. The average Bonchev–Trinajstić information content (AvgIpc) is 3.14. The quantitative estimate of drug-likeness (QED) is 0.559. The number of hydrogen-bond acceptors (Lipinski definition) is 5. The third kappa shape index (κ3) is 6.10. The van der Waals surface area contributed by atoms with Gasteiger partial charge in [-0.2, -0.15) is 18.3 Å². The van der Waals surface area contributed by atoms with Gasteiger partial charge in [0.15, 0.2) is 9.84 Å². The Morgan fingerprint density at radius 2 is 2.00 bits per heavy atom. The number of carbonyl (C=O) groups excluding carboxylic acids is 1. The molecule has 3 rings (SSSR count). The number of sulfone groups is 1. The van der Waals surface area contributed by atoms with Crippen LogP contribution < -0.4 is 5.32 Å². The number of benzene rings is 1. The molecule has 0 spiro atoms. The van der Waals surface area contributed by atoms with Crippen molar-refractivity contribution < 1.29 is 26.4 Å². The van der Waals surface area contributed by atoms with Gasteiger partial charge in [0, 0.05) is 17.0 Å². The maximum atomic E-state index is 12.3. The van der Waals surface area contributed by atoms with Gasteiger partial charge < -0.3 is 5.32 Å². The van der Waals surface area contributed by atoms with Crippen LogP contribution in [0.25, 0.3) is 6.08 Å². The molecule has 1 aromatic heterocycles. The summed E-state index contributed by atoms with van der Waals surface area (Å²) in [6.07, 6.45) is 3.17. The number of thioether (sulfide) groups is 1. The SMILES string of the molecule is Cc1cc(NC(=O)C=Cc2ccc(SC(F)(F)F)cc2)n(C2CCS(=O)(=O)C2)n1. The van der Waals surface area contributed by atoms with E-state index in [0.29, 0.717) is 23.5 Å². The maximum absolute atomic E-state index is 12.3. The lowest BCUT2D eigenvalue weighted by Crippen LogP contribution is -2.18. The van der Waals surface area contributed by atoms with Crippen molar-refractivity contribution >= 4 is 39.4 Å². The van der Waals surface area contributed by atoms with E-state index in [0.717, 1.165) is 0 Å². The molecule has 1 atom stereocenters. The number of nitrogens with zero attached hydrogens (tertiary/aromatic N) is 2. The molecule has 0 aliphatic carbocycles. The van der Waals surface area contributed by atoms with Crippen molar-refractivity contribution in [3.8, 4) is 0 Å². The zero-order chi connectivity index (χ0) is 21.2. The molecule has 29 heavy (non-hydrogen) atoms. The first kappa shape index (κ1) is 21.4. The second-order valence-corrected chi connectivity index (χ2v) is 9.98. The molecule has 1 N–H and O–H groups in total. The summed E-state index contributed by atoms with van der Waals surface area (Å²) in [6.45, 7) is 1.74. The molecule has 11 heteroatoms. The van der Waals surface area contributed by atoms with Crippen molar-refractivity contribution in [3.05, 3.63) is 47.7 Å². The van der Waals surface area contributed by atoms with Crippen molar-refractivity contribution in [2.45, 2.75) is 29.8 Å². The van der Waals surface area contributed by atoms with E-state index >= 15 is 0 Å². The van der Waals surface area contributed by atoms with Crippen molar-refractivity contribution in [3.63, 3.8) is 0 Å². The largest absolute Gasteiger partial charge is 0.446 e. The minimum atomic E-state index is -4.35. The van der Waals surface area contributed by atoms with Gasteiger partial charge in [-0.1, -0.05) is 12.1 Å². The zero-order valence-electron chi connectivity index (χ0n) is 15.3. The second-order valence-electron chi connectivity index (χ2n) is 6.61. The average molecular weight is 445 g/mol. The van der Waals surface area contributed by atoms with E-state index in [4.69, 9.17) is 0 Å². The zero-order valence-corrected chi connectivity index (χ0v) is 16.9. The van der Waals surface area contributed by atoms with Crippen LogP contribution in [-0.2, 0) is 14.6 Å². The van der Waals surface area contributed by atoms with Crippen molar-refractivity contribution in [1.82, 2.24) is 9.78 Å². The fraction of sp³-hybridized carbons (Fsp3) is 0.333. The van der Waals surface area contributed by atoms with Crippen LogP contribution in [0.15, 0.2) is 41.3 Å². The summed E-state index contributed by atoms with van der Waals surface area (Å²) in [6, 6.07) is 6.95. The van der Waals surface area contributed by atoms with Gasteiger partial charge >= 0.3 is 5.51 Å². The Morgan fingerprint density at radius 1 is 1.31 bits per heavy atom. The maximum Gasteiger partial charge on any atom is 0.446 e. The van der Waals surface area contributed by atoms with Crippen molar-refractivity contribution in [1.29, 1.82) is 0 Å². The molecule has 0 bridgehead atoms. The number of carbonyl (C=O) groups is 1. The van der Waals surface area contributed by atoms with E-state index in [9.17, 15) is 26.4 Å². The van der Waals surface area contributed by atoms with Gasteiger partial charge in [-0.3, -0.25) is 4.79 Å². The Kier molecular flexibility index (Phi) is 6.08. The third-order valence-corrected chi connectivity index (χ3v) is 6.69. The summed E-state index contributed by atoms with van der Waals surface area (Å²) in [4.78, 5) is 12.3. The molecule has 1 aliphatic heterocycles. The molecular weight excluding hydrogens is 427 g/mol. The van der Waals surface area contributed by atoms with Crippen LogP contribution in [0, 0.1) is 6.92 Å². The number of hydrogen-bond donors (Lipinski definition) is 1. The summed E-state index contributed by atoms with van der Waals surface area (Å²) < 4.78 is 62.0. The Balaban J connectivity index is 1.65. The molecular formula is C18H18F3N3O3S2. The summed E-state index contributed by atoms with van der Waals surface area (Å²) >= 11 is -0.205. The van der Waals surface area contributed by atoms with Crippen LogP contribution >= 0.6 is 11.8 Å². The number of alkyl halides is 3. The Labute approximate surface area is 170 Å². The van der Waals surface area contributed by atoms with Crippen LogP contribution in [0.3, 0.4) is 0 Å². The van der Waals surface area contributed by atoms with Crippen LogP contribution in [0.4, 0.5) is 19.0 Å². The highest BCUT2D eigenvalue weighted by Gasteiger charge is 2.31. The highest BCUT2D eigenvalue weighted by atomic mass is 32.2. The van der Waals surface area contributed by atoms with Gasteiger partial charge in [-0.05, 0) is 48.9 Å². The topological polar surface area (TPSA) is 81.1 Å². The standard InChI is InChI=1S/C18H18F3N3O3S2/c1-12-10-16(24(23-12)14-8-9-29(26,27)11-14)22-17(25)7-4-13-2-5-15(6-3-13)28-18(19,20)21/h2-7,10,14H,8-9,11H2,1H3,(H,22,25). The predicted octanol–water partition coefficient (Wildman–Crippen LogP) is 3.81. The van der Waals surface area contributed by atoms with Gasteiger partial charge in [0.2, 0.25) is 5.91 Å². The van der Waals surface area contributed by atoms with Crippen molar-refractivity contribution in [2.75, 3.05) is 16.8 Å². The minimum absolute atomic E-state index is 0.0187. The summed E-state index contributed by atoms with van der Waals surface area (Å²) in [5, 5.41) is 6.96. The first-order chi connectivity index (χ1) is 13.5. The first-order valence-corrected chi connectivity index (χ1v) is 11.3.